The summed E-state index contributed by atoms with van der Waals surface area (Å²) >= 11 is 1.89. The molecule has 0 spiro atoms. The topological polar surface area (TPSA) is 61.4 Å². The quantitative estimate of drug-likeness (QED) is 0.752. The molecule has 0 aliphatic carbocycles. The van der Waals surface area contributed by atoms with Gasteiger partial charge in [0.25, 0.3) is 5.91 Å². The number of nitrogens with one attached hydrogen (secondary N) is 1. The van der Waals surface area contributed by atoms with Crippen LogP contribution >= 0.6 is 11.8 Å². The van der Waals surface area contributed by atoms with Gasteiger partial charge in [-0.2, -0.15) is 11.8 Å². The van der Waals surface area contributed by atoms with Crippen LogP contribution in [0.2, 0.25) is 0 Å². The minimum atomic E-state index is 0.000941. The average Bonchev–Trinajstić information content (AvgIpc) is 2.73. The summed E-state index contributed by atoms with van der Waals surface area (Å²) in [5.41, 5.74) is 1.99. The lowest BCUT2D eigenvalue weighted by molar-refractivity contribution is 0.0948. The molecule has 6 nitrogen and oxygen atoms in total. The van der Waals surface area contributed by atoms with Gasteiger partial charge in [-0.15, -0.1) is 0 Å². The van der Waals surface area contributed by atoms with Crippen LogP contribution in [-0.4, -0.2) is 65.8 Å². The Hall–Kier alpha value is -2.12. The van der Waals surface area contributed by atoms with Gasteiger partial charge < -0.3 is 10.2 Å². The van der Waals surface area contributed by atoms with E-state index in [1.165, 1.54) is 5.56 Å². The molecule has 0 unspecified atom stereocenters. The zero-order valence-corrected chi connectivity index (χ0v) is 16.6. The Balaban J connectivity index is 1.37. The molecule has 144 valence electrons. The van der Waals surface area contributed by atoms with Gasteiger partial charge in [0.2, 0.25) is 5.95 Å². The second-order valence-corrected chi connectivity index (χ2v) is 7.74. The van der Waals surface area contributed by atoms with Crippen LogP contribution in [0.4, 0.5) is 5.95 Å². The third kappa shape index (κ3) is 5.94. The van der Waals surface area contributed by atoms with Gasteiger partial charge in [0, 0.05) is 63.0 Å². The van der Waals surface area contributed by atoms with E-state index in [1.54, 1.807) is 12.4 Å². The number of carbonyl (C=O) groups is 1. The zero-order valence-electron chi connectivity index (χ0n) is 15.8. The number of benzene rings is 1. The number of thioether (sulfide) groups is 1. The van der Waals surface area contributed by atoms with E-state index in [-0.39, 0.29) is 5.91 Å². The maximum Gasteiger partial charge on any atom is 0.251 e. The average molecular weight is 386 g/mol. The molecule has 1 saturated heterocycles. The molecule has 1 aliphatic heterocycles. The molecular formula is C20H27N5OS. The Bertz CT molecular complexity index is 702. The molecule has 1 amide bonds. The highest BCUT2D eigenvalue weighted by Crippen LogP contribution is 2.13. The third-order valence-corrected chi connectivity index (χ3v) is 5.56. The van der Waals surface area contributed by atoms with E-state index in [0.29, 0.717) is 6.54 Å². The Labute approximate surface area is 165 Å². The molecule has 0 radical (unpaired) electrons. The summed E-state index contributed by atoms with van der Waals surface area (Å²) < 4.78 is 0. The highest BCUT2D eigenvalue weighted by Gasteiger charge is 2.18. The van der Waals surface area contributed by atoms with Gasteiger partial charge in [-0.3, -0.25) is 9.69 Å². The normalized spacial score (nSPS) is 14.9. The number of nitrogens with zero attached hydrogens (tertiary/aromatic N) is 4. The molecule has 1 aromatic carbocycles. The van der Waals surface area contributed by atoms with E-state index in [9.17, 15) is 4.79 Å². The van der Waals surface area contributed by atoms with Crippen LogP contribution < -0.4 is 10.2 Å². The van der Waals surface area contributed by atoms with Gasteiger partial charge in [0.05, 0.1) is 0 Å². The molecule has 0 atom stereocenters. The first-order valence-electron chi connectivity index (χ1n) is 9.45. The molecule has 2 aromatic rings. The smallest absolute Gasteiger partial charge is 0.251 e. The monoisotopic (exact) mass is 385 g/mol. The van der Waals surface area contributed by atoms with Crippen LogP contribution in [-0.2, 0) is 5.75 Å². The molecule has 7 heteroatoms. The number of anilines is 1. The number of carbonyl (C=O) groups excluding carboxylic acids is 1. The number of amides is 1. The zero-order chi connectivity index (χ0) is 18.9. The highest BCUT2D eigenvalue weighted by atomic mass is 32.2. The molecular weight excluding hydrogens is 358 g/mol. The van der Waals surface area contributed by atoms with Crippen LogP contribution in [0, 0.1) is 0 Å². The van der Waals surface area contributed by atoms with Crippen molar-refractivity contribution in [2.24, 2.45) is 0 Å². The second-order valence-electron chi connectivity index (χ2n) is 6.47. The molecule has 1 N–H and O–H groups in total. The van der Waals surface area contributed by atoms with E-state index in [4.69, 9.17) is 0 Å². The largest absolute Gasteiger partial charge is 0.351 e. The molecule has 1 aromatic heterocycles. The number of piperazine rings is 1. The highest BCUT2D eigenvalue weighted by molar-refractivity contribution is 7.98. The van der Waals surface area contributed by atoms with E-state index in [0.717, 1.165) is 55.7 Å². The third-order valence-electron chi connectivity index (χ3n) is 4.61. The summed E-state index contributed by atoms with van der Waals surface area (Å²) in [5, 5.41) is 3.03. The van der Waals surface area contributed by atoms with E-state index >= 15 is 0 Å². The van der Waals surface area contributed by atoms with Crippen LogP contribution in [0.25, 0.3) is 0 Å². The molecule has 27 heavy (non-hydrogen) atoms. The second kappa shape index (κ2) is 10.3. The lowest BCUT2D eigenvalue weighted by atomic mass is 10.1. The van der Waals surface area contributed by atoms with E-state index in [1.807, 2.05) is 42.1 Å². The van der Waals surface area contributed by atoms with Gasteiger partial charge in [-0.1, -0.05) is 19.1 Å². The minimum absolute atomic E-state index is 0.000941. The Morgan fingerprint density at radius 3 is 2.48 bits per heavy atom. The molecule has 1 aliphatic rings. The van der Waals surface area contributed by atoms with E-state index in [2.05, 4.69) is 32.0 Å². The van der Waals surface area contributed by atoms with Crippen molar-refractivity contribution in [1.82, 2.24) is 20.2 Å². The molecule has 1 fully saturated rings. The maximum atomic E-state index is 12.3. The van der Waals surface area contributed by atoms with Crippen molar-refractivity contribution in [2.75, 3.05) is 49.9 Å². The van der Waals surface area contributed by atoms with Crippen molar-refractivity contribution in [1.29, 1.82) is 0 Å². The molecule has 3 rings (SSSR count). The lowest BCUT2D eigenvalue weighted by Gasteiger charge is -2.34. The Morgan fingerprint density at radius 1 is 1.11 bits per heavy atom. The van der Waals surface area contributed by atoms with Crippen LogP contribution in [0.15, 0.2) is 42.7 Å². The number of rotatable bonds is 8. The molecule has 2 heterocycles. The first-order chi connectivity index (χ1) is 13.3. The van der Waals surface area contributed by atoms with Crippen molar-refractivity contribution in [3.63, 3.8) is 0 Å². The minimum Gasteiger partial charge on any atom is -0.351 e. The summed E-state index contributed by atoms with van der Waals surface area (Å²) in [6.45, 7) is 7.41. The predicted molar refractivity (Wildman–Crippen MR) is 111 cm³/mol. The fraction of sp³-hybridized carbons (Fsp3) is 0.450. The number of hydrogen-bond donors (Lipinski definition) is 1. The fourth-order valence-corrected chi connectivity index (χ4v) is 3.66. The summed E-state index contributed by atoms with van der Waals surface area (Å²) in [5.74, 6) is 2.90. The van der Waals surface area contributed by atoms with Gasteiger partial charge >= 0.3 is 0 Å². The maximum absolute atomic E-state index is 12.3. The first-order valence-corrected chi connectivity index (χ1v) is 10.6. The Kier molecular flexibility index (Phi) is 7.47. The van der Waals surface area contributed by atoms with Crippen molar-refractivity contribution in [3.8, 4) is 0 Å². The SMILES string of the molecule is CCSCc1ccc(C(=O)NCCN2CCN(c3ncccn3)CC2)cc1. The van der Waals surface area contributed by atoms with Crippen molar-refractivity contribution in [3.05, 3.63) is 53.9 Å². The molecule has 0 saturated carbocycles. The summed E-state index contributed by atoms with van der Waals surface area (Å²) in [6, 6.07) is 9.75. The van der Waals surface area contributed by atoms with Gasteiger partial charge in [-0.25, -0.2) is 9.97 Å². The first kappa shape index (κ1) is 19.6. The van der Waals surface area contributed by atoms with E-state index < -0.39 is 0 Å². The summed E-state index contributed by atoms with van der Waals surface area (Å²) in [4.78, 5) is 25.5. The van der Waals surface area contributed by atoms with Crippen molar-refractivity contribution < 1.29 is 4.79 Å². The number of aromatic nitrogens is 2. The standard InChI is InChI=1S/C20H27N5OS/c1-2-27-16-17-4-6-18(7-5-17)19(26)21-10-11-24-12-14-25(15-13-24)20-22-8-3-9-23-20/h3-9H,2,10-16H2,1H3,(H,21,26). The van der Waals surface area contributed by atoms with Crippen molar-refractivity contribution in [2.45, 2.75) is 12.7 Å². The van der Waals surface area contributed by atoms with Crippen LogP contribution in [0.3, 0.4) is 0 Å². The summed E-state index contributed by atoms with van der Waals surface area (Å²) in [6.07, 6.45) is 3.55. The van der Waals surface area contributed by atoms with Gasteiger partial charge in [-0.05, 0) is 29.5 Å². The summed E-state index contributed by atoms with van der Waals surface area (Å²) in [7, 11) is 0. The van der Waals surface area contributed by atoms with Gasteiger partial charge in [0.15, 0.2) is 0 Å². The van der Waals surface area contributed by atoms with Crippen molar-refractivity contribution >= 4 is 23.6 Å². The van der Waals surface area contributed by atoms with Gasteiger partial charge in [0.1, 0.15) is 0 Å². The van der Waals surface area contributed by atoms with Crippen LogP contribution in [0.1, 0.15) is 22.8 Å². The van der Waals surface area contributed by atoms with Crippen LogP contribution in [0.5, 0.6) is 0 Å². The predicted octanol–water partition coefficient (Wildman–Crippen LogP) is 2.28. The number of hydrogen-bond acceptors (Lipinski definition) is 6. The lowest BCUT2D eigenvalue weighted by Crippen LogP contribution is -2.49. The fourth-order valence-electron chi connectivity index (χ4n) is 3.03. The Morgan fingerprint density at radius 2 is 1.81 bits per heavy atom. The molecule has 0 bridgehead atoms.